The van der Waals surface area contributed by atoms with Gasteiger partial charge < -0.3 is 9.47 Å². The molecule has 0 aliphatic heterocycles. The van der Waals surface area contributed by atoms with Gasteiger partial charge in [-0.3, -0.25) is 14.3 Å². The Morgan fingerprint density at radius 3 is 2.16 bits per heavy atom. The molecule has 3 aromatic heterocycles. The molecule has 12 heteroatoms. The van der Waals surface area contributed by atoms with E-state index in [2.05, 4.69) is 29.9 Å². The number of hydrogen-bond acceptors (Lipinski definition) is 9. The van der Waals surface area contributed by atoms with Crippen molar-refractivity contribution in [3.8, 4) is 28.6 Å². The second-order valence-electron chi connectivity index (χ2n) is 8.70. The number of nitrogens with zero attached hydrogens (tertiary/aromatic N) is 6. The van der Waals surface area contributed by atoms with E-state index in [9.17, 15) is 8.42 Å². The zero-order valence-electron chi connectivity index (χ0n) is 21.5. The summed E-state index contributed by atoms with van der Waals surface area (Å²) in [6.45, 7) is 7.15. The Bertz CT molecular complexity index is 1480. The Labute approximate surface area is 216 Å². The normalized spacial score (nSPS) is 13.1. The van der Waals surface area contributed by atoms with Gasteiger partial charge in [-0.25, -0.2) is 18.4 Å². The SMILES string of the molecule is COc1cccc(OC)c1-n1c(NS(=O)(=O)[C@@H](C)[C@@H](C)c2ncc(C)cn2)nnc1-c1cncc(C)c1. The number of ether oxygens (including phenoxy) is 2. The Morgan fingerprint density at radius 2 is 1.57 bits per heavy atom. The summed E-state index contributed by atoms with van der Waals surface area (Å²) < 4.78 is 42.5. The summed E-state index contributed by atoms with van der Waals surface area (Å²) in [7, 11) is -0.929. The van der Waals surface area contributed by atoms with E-state index in [-0.39, 0.29) is 5.95 Å². The van der Waals surface area contributed by atoms with E-state index < -0.39 is 21.2 Å². The zero-order valence-corrected chi connectivity index (χ0v) is 22.3. The van der Waals surface area contributed by atoms with E-state index in [4.69, 9.17) is 9.47 Å². The number of para-hydroxylation sites is 1. The quantitative estimate of drug-likeness (QED) is 0.348. The van der Waals surface area contributed by atoms with E-state index in [0.29, 0.717) is 34.4 Å². The first-order valence-corrected chi connectivity index (χ1v) is 13.1. The predicted octanol–water partition coefficient (Wildman–Crippen LogP) is 3.69. The van der Waals surface area contributed by atoms with Crippen LogP contribution in [0.4, 0.5) is 5.95 Å². The lowest BCUT2D eigenvalue weighted by atomic mass is 10.1. The molecule has 0 fully saturated rings. The first-order valence-electron chi connectivity index (χ1n) is 11.5. The Hall–Kier alpha value is -4.06. The summed E-state index contributed by atoms with van der Waals surface area (Å²) >= 11 is 0. The lowest BCUT2D eigenvalue weighted by Gasteiger charge is -2.21. The summed E-state index contributed by atoms with van der Waals surface area (Å²) in [5, 5.41) is 7.65. The standard InChI is InChI=1S/C25H29N7O4S/c1-15-10-19(14-26-11-15)24-29-30-25(32(24)22-20(35-5)8-7-9-21(22)36-6)31-37(33,34)18(4)17(3)23-27-12-16(2)13-28-23/h7-14,17-18H,1-6H3,(H,30,31)/t17-,18+/m1/s1. The van der Waals surface area contributed by atoms with Crippen molar-refractivity contribution in [2.75, 3.05) is 18.9 Å². The third kappa shape index (κ3) is 5.24. The molecule has 0 spiro atoms. The van der Waals surface area contributed by atoms with Crippen LogP contribution in [-0.2, 0) is 10.0 Å². The summed E-state index contributed by atoms with van der Waals surface area (Å²) in [5.41, 5.74) is 2.87. The Morgan fingerprint density at radius 1 is 0.919 bits per heavy atom. The van der Waals surface area contributed by atoms with Crippen LogP contribution in [-0.4, -0.2) is 57.6 Å². The number of methoxy groups -OCH3 is 2. The number of anilines is 1. The van der Waals surface area contributed by atoms with Crippen molar-refractivity contribution < 1.29 is 17.9 Å². The number of aromatic nitrogens is 6. The number of sulfonamides is 1. The second-order valence-corrected chi connectivity index (χ2v) is 10.7. The molecule has 37 heavy (non-hydrogen) atoms. The fraction of sp³-hybridized carbons (Fsp3) is 0.320. The molecule has 0 bridgehead atoms. The number of benzene rings is 1. The molecule has 0 aliphatic rings. The van der Waals surface area contributed by atoms with Crippen LogP contribution in [0.3, 0.4) is 0 Å². The van der Waals surface area contributed by atoms with Gasteiger partial charge >= 0.3 is 0 Å². The highest BCUT2D eigenvalue weighted by Crippen LogP contribution is 2.38. The molecule has 1 aromatic carbocycles. The first kappa shape index (κ1) is 26.0. The fourth-order valence-corrected chi connectivity index (χ4v) is 5.05. The van der Waals surface area contributed by atoms with Crippen LogP contribution in [0, 0.1) is 13.8 Å². The summed E-state index contributed by atoms with van der Waals surface area (Å²) in [6.07, 6.45) is 6.68. The highest BCUT2D eigenvalue weighted by atomic mass is 32.2. The van der Waals surface area contributed by atoms with Crippen molar-refractivity contribution in [2.24, 2.45) is 0 Å². The summed E-state index contributed by atoms with van der Waals surface area (Å²) in [6, 6.07) is 7.14. The predicted molar refractivity (Wildman–Crippen MR) is 140 cm³/mol. The van der Waals surface area contributed by atoms with Crippen LogP contribution < -0.4 is 14.2 Å². The molecule has 0 saturated carbocycles. The number of nitrogens with one attached hydrogen (secondary N) is 1. The molecule has 0 amide bonds. The molecule has 0 radical (unpaired) electrons. The van der Waals surface area contributed by atoms with Gasteiger partial charge in [-0.15, -0.1) is 10.2 Å². The minimum absolute atomic E-state index is 0.0248. The second kappa shape index (κ2) is 10.5. The maximum Gasteiger partial charge on any atom is 0.243 e. The van der Waals surface area contributed by atoms with Crippen LogP contribution in [0.2, 0.25) is 0 Å². The van der Waals surface area contributed by atoms with Gasteiger partial charge in [0, 0.05) is 36.3 Å². The van der Waals surface area contributed by atoms with Crippen molar-refractivity contribution in [1.29, 1.82) is 0 Å². The van der Waals surface area contributed by atoms with E-state index in [1.807, 2.05) is 19.9 Å². The smallest absolute Gasteiger partial charge is 0.243 e. The van der Waals surface area contributed by atoms with Gasteiger partial charge in [0.1, 0.15) is 23.0 Å². The van der Waals surface area contributed by atoms with Crippen LogP contribution in [0.15, 0.2) is 49.1 Å². The van der Waals surface area contributed by atoms with Gasteiger partial charge in [0.05, 0.1) is 19.5 Å². The molecule has 4 aromatic rings. The summed E-state index contributed by atoms with van der Waals surface area (Å²) in [4.78, 5) is 12.9. The molecule has 0 unspecified atom stereocenters. The molecular formula is C25H29N7O4S. The lowest BCUT2D eigenvalue weighted by Crippen LogP contribution is -2.31. The molecule has 4 rings (SSSR count). The number of hydrogen-bond donors (Lipinski definition) is 1. The number of rotatable bonds is 9. The molecule has 0 saturated heterocycles. The average molecular weight is 524 g/mol. The van der Waals surface area contributed by atoms with Gasteiger partial charge in [0.25, 0.3) is 0 Å². The van der Waals surface area contributed by atoms with E-state index in [0.717, 1.165) is 11.1 Å². The minimum Gasteiger partial charge on any atom is -0.494 e. The average Bonchev–Trinajstić information content (AvgIpc) is 3.29. The molecule has 1 N–H and O–H groups in total. The first-order chi connectivity index (χ1) is 17.7. The van der Waals surface area contributed by atoms with Gasteiger partial charge in [-0.2, -0.15) is 0 Å². The van der Waals surface area contributed by atoms with E-state index >= 15 is 0 Å². The van der Waals surface area contributed by atoms with Gasteiger partial charge in [0.2, 0.25) is 16.0 Å². The van der Waals surface area contributed by atoms with Crippen LogP contribution >= 0.6 is 0 Å². The van der Waals surface area contributed by atoms with Crippen LogP contribution in [0.5, 0.6) is 11.5 Å². The number of pyridine rings is 1. The molecule has 0 aliphatic carbocycles. The van der Waals surface area contributed by atoms with Crippen molar-refractivity contribution in [2.45, 2.75) is 38.9 Å². The van der Waals surface area contributed by atoms with Crippen molar-refractivity contribution in [1.82, 2.24) is 29.7 Å². The lowest BCUT2D eigenvalue weighted by molar-refractivity contribution is 0.391. The maximum atomic E-state index is 13.6. The molecule has 3 heterocycles. The van der Waals surface area contributed by atoms with Crippen LogP contribution in [0.1, 0.15) is 36.7 Å². The van der Waals surface area contributed by atoms with E-state index in [1.54, 1.807) is 61.4 Å². The Balaban J connectivity index is 1.83. The van der Waals surface area contributed by atoms with Gasteiger partial charge in [0.15, 0.2) is 5.82 Å². The topological polar surface area (TPSA) is 134 Å². The van der Waals surface area contributed by atoms with Crippen molar-refractivity contribution in [3.63, 3.8) is 0 Å². The third-order valence-corrected chi connectivity index (χ3v) is 7.91. The Kier molecular flexibility index (Phi) is 7.39. The highest BCUT2D eigenvalue weighted by Gasteiger charge is 2.32. The molecule has 2 atom stereocenters. The minimum atomic E-state index is -3.97. The molecular weight excluding hydrogens is 494 g/mol. The zero-order chi connectivity index (χ0) is 26.7. The van der Waals surface area contributed by atoms with Gasteiger partial charge in [-0.1, -0.05) is 13.0 Å². The third-order valence-electron chi connectivity index (χ3n) is 6.06. The highest BCUT2D eigenvalue weighted by molar-refractivity contribution is 7.93. The molecule has 11 nitrogen and oxygen atoms in total. The molecule has 194 valence electrons. The van der Waals surface area contributed by atoms with Crippen molar-refractivity contribution in [3.05, 3.63) is 66.0 Å². The largest absolute Gasteiger partial charge is 0.494 e. The van der Waals surface area contributed by atoms with Crippen molar-refractivity contribution >= 4 is 16.0 Å². The van der Waals surface area contributed by atoms with Crippen LogP contribution in [0.25, 0.3) is 17.1 Å². The maximum absolute atomic E-state index is 13.6. The van der Waals surface area contributed by atoms with E-state index in [1.165, 1.54) is 14.2 Å². The van der Waals surface area contributed by atoms with Gasteiger partial charge in [-0.05, 0) is 50.1 Å². The summed E-state index contributed by atoms with van der Waals surface area (Å²) in [5.74, 6) is 1.16. The fourth-order valence-electron chi connectivity index (χ4n) is 3.81. The number of aryl methyl sites for hydroxylation is 2. The monoisotopic (exact) mass is 523 g/mol.